The highest BCUT2D eigenvalue weighted by Gasteiger charge is 2.34. The molecule has 4 aromatic heterocycles. The van der Waals surface area contributed by atoms with E-state index in [1.54, 1.807) is 17.7 Å². The average molecular weight is 515 g/mol. The van der Waals surface area contributed by atoms with Crippen LogP contribution in [0.15, 0.2) is 43.1 Å². The smallest absolute Gasteiger partial charge is 0.383 e. The monoisotopic (exact) mass is 515 g/mol. The van der Waals surface area contributed by atoms with Gasteiger partial charge in [0.1, 0.15) is 35.0 Å². The molecule has 37 heavy (non-hydrogen) atoms. The van der Waals surface area contributed by atoms with Crippen molar-refractivity contribution in [3.05, 3.63) is 72.0 Å². The van der Waals surface area contributed by atoms with Crippen molar-refractivity contribution in [1.29, 1.82) is 0 Å². The predicted molar refractivity (Wildman–Crippen MR) is 122 cm³/mol. The van der Waals surface area contributed by atoms with Crippen LogP contribution in [0, 0.1) is 18.6 Å². The minimum Gasteiger partial charge on any atom is -0.383 e. The molecule has 0 fully saturated rings. The van der Waals surface area contributed by atoms with Gasteiger partial charge in [-0.05, 0) is 25.5 Å². The average Bonchev–Trinajstić information content (AvgIpc) is 3.42. The summed E-state index contributed by atoms with van der Waals surface area (Å²) >= 11 is 0. The predicted octanol–water partition coefficient (Wildman–Crippen LogP) is 4.66. The van der Waals surface area contributed by atoms with E-state index in [1.807, 2.05) is 6.92 Å². The van der Waals surface area contributed by atoms with E-state index in [1.165, 1.54) is 17.1 Å². The van der Waals surface area contributed by atoms with E-state index in [-0.39, 0.29) is 17.1 Å². The molecule has 0 bridgehead atoms. The number of rotatable bonds is 5. The molecule has 0 radical (unpaired) electrons. The Kier molecular flexibility index (Phi) is 5.80. The van der Waals surface area contributed by atoms with Crippen molar-refractivity contribution in [2.75, 3.05) is 5.73 Å². The van der Waals surface area contributed by atoms with Gasteiger partial charge in [0.2, 0.25) is 5.82 Å². The standard InChI is InChI=1S/C23H18F5N9/c1-3-16(19-11(2)37(35-34-19)17-5-4-13(24)6-15(17)25)36-9-14(18-20(29)32-10-33-21(18)36)12-7-30-22(31-8-12)23(26,27)28/h4-10,16H,3H2,1-2H3,(H2,29,32,33). The molecular formula is C23H18F5N9. The molecule has 1 atom stereocenters. The summed E-state index contributed by atoms with van der Waals surface area (Å²) in [4.78, 5) is 15.3. The van der Waals surface area contributed by atoms with Gasteiger partial charge in [-0.15, -0.1) is 5.10 Å². The van der Waals surface area contributed by atoms with Crippen LogP contribution in [-0.4, -0.2) is 39.5 Å². The molecule has 4 heterocycles. The maximum atomic E-state index is 14.4. The third-order valence-corrected chi connectivity index (χ3v) is 5.96. The second-order valence-corrected chi connectivity index (χ2v) is 8.19. The Bertz CT molecular complexity index is 1610. The highest BCUT2D eigenvalue weighted by molar-refractivity contribution is 6.00. The highest BCUT2D eigenvalue weighted by atomic mass is 19.4. The first-order chi connectivity index (χ1) is 17.6. The first kappa shape index (κ1) is 24.2. The maximum Gasteiger partial charge on any atom is 0.451 e. The Hall–Kier alpha value is -4.49. The number of nitrogens with two attached hydrogens (primary N) is 1. The Morgan fingerprint density at radius 3 is 2.43 bits per heavy atom. The summed E-state index contributed by atoms with van der Waals surface area (Å²) in [6, 6.07) is 2.66. The molecule has 5 aromatic rings. The van der Waals surface area contributed by atoms with Gasteiger partial charge in [-0.3, -0.25) is 0 Å². The lowest BCUT2D eigenvalue weighted by Gasteiger charge is -2.17. The molecule has 9 nitrogen and oxygen atoms in total. The van der Waals surface area contributed by atoms with Crippen molar-refractivity contribution in [3.8, 4) is 16.8 Å². The quantitative estimate of drug-likeness (QED) is 0.339. The van der Waals surface area contributed by atoms with Gasteiger partial charge in [-0.25, -0.2) is 33.4 Å². The molecule has 190 valence electrons. The molecule has 0 saturated carbocycles. The summed E-state index contributed by atoms with van der Waals surface area (Å²) in [6.45, 7) is 3.58. The molecule has 0 spiro atoms. The number of aromatic nitrogens is 8. The summed E-state index contributed by atoms with van der Waals surface area (Å²) in [5.74, 6) is -2.68. The number of hydrogen-bond donors (Lipinski definition) is 1. The summed E-state index contributed by atoms with van der Waals surface area (Å²) in [5.41, 5.74) is 8.25. The zero-order valence-electron chi connectivity index (χ0n) is 19.4. The SMILES string of the molecule is CCC(c1nnn(-c2ccc(F)cc2F)c1C)n1cc(-c2cnc(C(F)(F)F)nc2)c2c(N)ncnc21. The lowest BCUT2D eigenvalue weighted by Crippen LogP contribution is -2.12. The van der Waals surface area contributed by atoms with Gasteiger partial charge >= 0.3 is 6.18 Å². The molecule has 0 saturated heterocycles. The van der Waals surface area contributed by atoms with Gasteiger partial charge in [0.25, 0.3) is 0 Å². The normalized spacial score (nSPS) is 12.8. The van der Waals surface area contributed by atoms with Crippen LogP contribution in [0.2, 0.25) is 0 Å². The minimum atomic E-state index is -4.69. The van der Waals surface area contributed by atoms with Crippen LogP contribution in [0.3, 0.4) is 0 Å². The Balaban J connectivity index is 1.64. The fourth-order valence-corrected chi connectivity index (χ4v) is 4.23. The van der Waals surface area contributed by atoms with Gasteiger partial charge in [-0.1, -0.05) is 12.1 Å². The number of nitrogen functional groups attached to an aromatic ring is 1. The van der Waals surface area contributed by atoms with Crippen molar-refractivity contribution in [3.63, 3.8) is 0 Å². The van der Waals surface area contributed by atoms with Gasteiger partial charge in [0.05, 0.1) is 17.1 Å². The van der Waals surface area contributed by atoms with E-state index >= 15 is 0 Å². The topological polar surface area (TPSA) is 113 Å². The largest absolute Gasteiger partial charge is 0.451 e. The van der Waals surface area contributed by atoms with E-state index in [9.17, 15) is 22.0 Å². The molecule has 1 unspecified atom stereocenters. The molecule has 0 aliphatic carbocycles. The number of hydrogen-bond acceptors (Lipinski definition) is 7. The van der Waals surface area contributed by atoms with Crippen molar-refractivity contribution in [2.45, 2.75) is 32.5 Å². The molecule has 14 heteroatoms. The van der Waals surface area contributed by atoms with Crippen molar-refractivity contribution in [1.82, 2.24) is 39.5 Å². The number of anilines is 1. The Morgan fingerprint density at radius 2 is 1.78 bits per heavy atom. The van der Waals surface area contributed by atoms with Crippen LogP contribution in [0.1, 0.15) is 36.6 Å². The third-order valence-electron chi connectivity index (χ3n) is 5.96. The van der Waals surface area contributed by atoms with Gasteiger partial charge in [0.15, 0.2) is 5.82 Å². The maximum absolute atomic E-state index is 14.4. The van der Waals surface area contributed by atoms with E-state index in [4.69, 9.17) is 5.73 Å². The number of fused-ring (bicyclic) bond motifs is 1. The van der Waals surface area contributed by atoms with Gasteiger partial charge in [0, 0.05) is 35.8 Å². The summed E-state index contributed by atoms with van der Waals surface area (Å²) < 4.78 is 69.7. The molecule has 0 aliphatic heterocycles. The van der Waals surface area contributed by atoms with Crippen LogP contribution < -0.4 is 5.73 Å². The van der Waals surface area contributed by atoms with E-state index < -0.39 is 29.7 Å². The lowest BCUT2D eigenvalue weighted by atomic mass is 10.1. The van der Waals surface area contributed by atoms with Crippen molar-refractivity contribution < 1.29 is 22.0 Å². The molecule has 0 amide bonds. The van der Waals surface area contributed by atoms with Crippen molar-refractivity contribution >= 4 is 16.9 Å². The molecule has 1 aromatic carbocycles. The Labute approximate surface area is 205 Å². The molecule has 2 N–H and O–H groups in total. The first-order valence-corrected chi connectivity index (χ1v) is 11.0. The van der Waals surface area contributed by atoms with Gasteiger partial charge < -0.3 is 10.3 Å². The number of halogens is 5. The second-order valence-electron chi connectivity index (χ2n) is 8.19. The van der Waals surface area contributed by atoms with Crippen LogP contribution in [-0.2, 0) is 6.18 Å². The lowest BCUT2D eigenvalue weighted by molar-refractivity contribution is -0.144. The summed E-state index contributed by atoms with van der Waals surface area (Å²) in [6.07, 6.45) is 0.845. The van der Waals surface area contributed by atoms with E-state index in [0.717, 1.165) is 24.5 Å². The molecule has 5 rings (SSSR count). The number of alkyl halides is 3. The first-order valence-electron chi connectivity index (χ1n) is 11.0. The summed E-state index contributed by atoms with van der Waals surface area (Å²) in [5, 5.41) is 8.74. The zero-order valence-corrected chi connectivity index (χ0v) is 19.4. The highest BCUT2D eigenvalue weighted by Crippen LogP contribution is 2.37. The van der Waals surface area contributed by atoms with Gasteiger partial charge in [-0.2, -0.15) is 13.2 Å². The number of nitrogens with zero attached hydrogens (tertiary/aromatic N) is 8. The second kappa shape index (κ2) is 8.87. The number of benzene rings is 1. The van der Waals surface area contributed by atoms with Crippen LogP contribution in [0.4, 0.5) is 27.8 Å². The van der Waals surface area contributed by atoms with E-state index in [2.05, 4.69) is 30.2 Å². The van der Waals surface area contributed by atoms with E-state index in [0.29, 0.717) is 34.4 Å². The zero-order chi connectivity index (χ0) is 26.5. The van der Waals surface area contributed by atoms with Crippen LogP contribution in [0.5, 0.6) is 0 Å². The third kappa shape index (κ3) is 4.13. The summed E-state index contributed by atoms with van der Waals surface area (Å²) in [7, 11) is 0. The molecular weight excluding hydrogens is 497 g/mol. The molecule has 0 aliphatic rings. The van der Waals surface area contributed by atoms with Crippen molar-refractivity contribution in [2.24, 2.45) is 0 Å². The van der Waals surface area contributed by atoms with Crippen LogP contribution in [0.25, 0.3) is 27.8 Å². The fraction of sp³-hybridized carbons (Fsp3) is 0.217. The fourth-order valence-electron chi connectivity index (χ4n) is 4.23. The van der Waals surface area contributed by atoms with Crippen LogP contribution >= 0.6 is 0 Å². The Morgan fingerprint density at radius 1 is 1.05 bits per heavy atom. The minimum absolute atomic E-state index is 0.0269.